The number of hydrogen-bond acceptors (Lipinski definition) is 6. The number of methoxy groups -OCH3 is 3. The Kier molecular flexibility index (Phi) is 6.62. The molecule has 0 unspecified atom stereocenters. The van der Waals surface area contributed by atoms with Gasteiger partial charge in [0.2, 0.25) is 5.91 Å². The number of esters is 2. The number of fused-ring (bicyclic) bond motifs is 1. The van der Waals surface area contributed by atoms with Gasteiger partial charge in [0.15, 0.2) is 0 Å². The van der Waals surface area contributed by atoms with Crippen molar-refractivity contribution in [2.24, 2.45) is 0 Å². The average Bonchev–Trinajstić information content (AvgIpc) is 2.80. The average molecular weight is 432 g/mol. The van der Waals surface area contributed by atoms with Crippen molar-refractivity contribution in [1.29, 1.82) is 0 Å². The van der Waals surface area contributed by atoms with Crippen LogP contribution in [0.3, 0.4) is 0 Å². The zero-order valence-corrected chi connectivity index (χ0v) is 17.6. The monoisotopic (exact) mass is 431 g/mol. The lowest BCUT2D eigenvalue weighted by Crippen LogP contribution is -2.52. The van der Waals surface area contributed by atoms with Gasteiger partial charge >= 0.3 is 11.9 Å². The molecular weight excluding hydrogens is 410 g/mol. The topological polar surface area (TPSA) is 82.1 Å². The Labute approximate surface area is 179 Å². The number of alkyl halides is 1. The summed E-state index contributed by atoms with van der Waals surface area (Å²) in [5, 5.41) is 0. The quantitative estimate of drug-likeness (QED) is 0.534. The summed E-state index contributed by atoms with van der Waals surface area (Å²) in [4.78, 5) is 38.6. The van der Waals surface area contributed by atoms with Crippen molar-refractivity contribution in [3.05, 3.63) is 64.7 Å². The number of amides is 1. The summed E-state index contributed by atoms with van der Waals surface area (Å²) < 4.78 is 15.0. The first-order chi connectivity index (χ1) is 14.4. The molecule has 0 saturated heterocycles. The number of carbonyl (C=O) groups excluding carboxylic acids is 3. The van der Waals surface area contributed by atoms with Crippen LogP contribution in [0.2, 0.25) is 0 Å². The second-order valence-corrected chi connectivity index (χ2v) is 7.03. The molecule has 1 aliphatic rings. The van der Waals surface area contributed by atoms with Crippen LogP contribution in [0.1, 0.15) is 33.1 Å². The van der Waals surface area contributed by atoms with E-state index in [1.807, 2.05) is 12.1 Å². The lowest BCUT2D eigenvalue weighted by molar-refractivity contribution is -0.154. The Bertz CT molecular complexity index is 959. The van der Waals surface area contributed by atoms with Crippen LogP contribution in [0.15, 0.2) is 42.5 Å². The van der Waals surface area contributed by atoms with Crippen molar-refractivity contribution >= 4 is 29.4 Å². The molecule has 0 spiro atoms. The van der Waals surface area contributed by atoms with Crippen molar-refractivity contribution < 1.29 is 28.6 Å². The molecule has 1 aliphatic heterocycles. The molecule has 1 amide bonds. The zero-order chi connectivity index (χ0) is 21.8. The summed E-state index contributed by atoms with van der Waals surface area (Å²) >= 11 is 5.89. The summed E-state index contributed by atoms with van der Waals surface area (Å²) in [5.74, 6) is -1.02. The van der Waals surface area contributed by atoms with Crippen molar-refractivity contribution in [2.45, 2.75) is 18.5 Å². The van der Waals surface area contributed by atoms with Gasteiger partial charge in [-0.3, -0.25) is 4.79 Å². The first-order valence-electron chi connectivity index (χ1n) is 9.25. The van der Waals surface area contributed by atoms with Crippen LogP contribution in [0.4, 0.5) is 0 Å². The third-order valence-electron chi connectivity index (χ3n) is 5.20. The van der Waals surface area contributed by atoms with E-state index in [4.69, 9.17) is 25.8 Å². The van der Waals surface area contributed by atoms with Crippen molar-refractivity contribution in [1.82, 2.24) is 4.90 Å². The van der Waals surface area contributed by atoms with Gasteiger partial charge in [-0.25, -0.2) is 9.59 Å². The number of benzene rings is 2. The number of carbonyl (C=O) groups is 3. The van der Waals surface area contributed by atoms with Crippen LogP contribution in [0, 0.1) is 0 Å². The minimum atomic E-state index is -0.842. The maximum Gasteiger partial charge on any atom is 0.337 e. The van der Waals surface area contributed by atoms with E-state index in [1.54, 1.807) is 37.4 Å². The van der Waals surface area contributed by atoms with E-state index in [2.05, 4.69) is 0 Å². The van der Waals surface area contributed by atoms with Crippen LogP contribution in [0.5, 0.6) is 5.75 Å². The van der Waals surface area contributed by atoms with E-state index in [0.29, 0.717) is 11.3 Å². The maximum atomic E-state index is 12.8. The van der Waals surface area contributed by atoms with E-state index < -0.39 is 29.9 Å². The Balaban J connectivity index is 2.17. The molecule has 7 nitrogen and oxygen atoms in total. The predicted octanol–water partition coefficient (Wildman–Crippen LogP) is 2.74. The van der Waals surface area contributed by atoms with Crippen LogP contribution >= 0.6 is 11.6 Å². The Morgan fingerprint density at radius 2 is 1.73 bits per heavy atom. The molecule has 1 heterocycles. The number of nitrogens with zero attached hydrogens (tertiary/aromatic N) is 1. The van der Waals surface area contributed by atoms with E-state index in [-0.39, 0.29) is 12.3 Å². The molecule has 158 valence electrons. The molecule has 3 rings (SSSR count). The molecule has 0 fully saturated rings. The number of hydrogen-bond donors (Lipinski definition) is 0. The van der Waals surface area contributed by atoms with Gasteiger partial charge in [-0.05, 0) is 41.0 Å². The Morgan fingerprint density at radius 3 is 2.30 bits per heavy atom. The number of rotatable bonds is 5. The van der Waals surface area contributed by atoms with Crippen LogP contribution in [-0.2, 0) is 25.5 Å². The first kappa shape index (κ1) is 21.6. The van der Waals surface area contributed by atoms with Gasteiger partial charge in [-0.2, -0.15) is 0 Å². The number of halogens is 1. The first-order valence-corrected chi connectivity index (χ1v) is 9.78. The van der Waals surface area contributed by atoms with Crippen molar-refractivity contribution in [3.8, 4) is 5.75 Å². The fraction of sp³-hybridized carbons (Fsp3) is 0.318. The Hall–Kier alpha value is -3.06. The molecule has 2 aromatic rings. The lowest BCUT2D eigenvalue weighted by Gasteiger charge is -2.42. The summed E-state index contributed by atoms with van der Waals surface area (Å²) in [7, 11) is 4.16. The molecule has 30 heavy (non-hydrogen) atoms. The molecule has 0 N–H and O–H groups in total. The smallest absolute Gasteiger partial charge is 0.337 e. The van der Waals surface area contributed by atoms with E-state index in [9.17, 15) is 14.4 Å². The SMILES string of the molecule is COC(=O)c1ccc([C@H]2c3ccc(OC)cc3C[C@H](C(=O)OC)N2C(=O)CCl)cc1. The predicted molar refractivity (Wildman–Crippen MR) is 110 cm³/mol. The van der Waals surface area contributed by atoms with E-state index in [1.165, 1.54) is 19.1 Å². The standard InChI is InChI=1S/C22H22ClNO6/c1-28-16-8-9-17-15(10-16)11-18(22(27)30-3)24(19(25)12-23)20(17)13-4-6-14(7-5-13)21(26)29-2/h4-10,18,20H,11-12H2,1-3H3/t18-,20+/m1/s1. The highest BCUT2D eigenvalue weighted by Gasteiger charge is 2.42. The molecule has 0 aliphatic carbocycles. The highest BCUT2D eigenvalue weighted by Crippen LogP contribution is 2.40. The third-order valence-corrected chi connectivity index (χ3v) is 5.42. The van der Waals surface area contributed by atoms with Crippen LogP contribution < -0.4 is 4.74 Å². The molecule has 0 aromatic heterocycles. The molecule has 0 saturated carbocycles. The van der Waals surface area contributed by atoms with E-state index >= 15 is 0 Å². The van der Waals surface area contributed by atoms with Gasteiger partial charge < -0.3 is 19.1 Å². The van der Waals surface area contributed by atoms with Gasteiger partial charge in [0, 0.05) is 6.42 Å². The third kappa shape index (κ3) is 3.98. The summed E-state index contributed by atoms with van der Waals surface area (Å²) in [6.07, 6.45) is 0.276. The van der Waals surface area contributed by atoms with Crippen LogP contribution in [-0.4, -0.2) is 56.0 Å². The minimum Gasteiger partial charge on any atom is -0.497 e. The number of ether oxygens (including phenoxy) is 3. The van der Waals surface area contributed by atoms with Gasteiger partial charge in [0.1, 0.15) is 17.7 Å². The lowest BCUT2D eigenvalue weighted by atomic mass is 9.84. The van der Waals surface area contributed by atoms with Crippen molar-refractivity contribution in [3.63, 3.8) is 0 Å². The van der Waals surface area contributed by atoms with Crippen molar-refractivity contribution in [2.75, 3.05) is 27.2 Å². The summed E-state index contributed by atoms with van der Waals surface area (Å²) in [5.41, 5.74) is 2.82. The second-order valence-electron chi connectivity index (χ2n) is 6.76. The Morgan fingerprint density at radius 1 is 1.03 bits per heavy atom. The summed E-state index contributed by atoms with van der Waals surface area (Å²) in [6.45, 7) is 0. The van der Waals surface area contributed by atoms with Gasteiger partial charge in [-0.1, -0.05) is 18.2 Å². The molecule has 0 bridgehead atoms. The largest absolute Gasteiger partial charge is 0.497 e. The van der Waals surface area contributed by atoms with Gasteiger partial charge in [0.05, 0.1) is 32.9 Å². The van der Waals surface area contributed by atoms with Gasteiger partial charge in [0.25, 0.3) is 0 Å². The second kappa shape index (κ2) is 9.17. The molecule has 2 atom stereocenters. The molecule has 2 aromatic carbocycles. The zero-order valence-electron chi connectivity index (χ0n) is 16.9. The molecule has 8 heteroatoms. The maximum absolute atomic E-state index is 12.8. The normalized spacial score (nSPS) is 17.7. The fourth-order valence-corrected chi connectivity index (χ4v) is 3.91. The van der Waals surface area contributed by atoms with Gasteiger partial charge in [-0.15, -0.1) is 11.6 Å². The highest BCUT2D eigenvalue weighted by atomic mass is 35.5. The molecular formula is C22H22ClNO6. The highest BCUT2D eigenvalue weighted by molar-refractivity contribution is 6.27. The summed E-state index contributed by atoms with van der Waals surface area (Å²) in [6, 6.07) is 10.8. The molecule has 0 radical (unpaired) electrons. The minimum absolute atomic E-state index is 0.276. The van der Waals surface area contributed by atoms with Crippen LogP contribution in [0.25, 0.3) is 0 Å². The fourth-order valence-electron chi connectivity index (χ4n) is 3.77. The van der Waals surface area contributed by atoms with E-state index in [0.717, 1.165) is 16.7 Å².